The fraction of sp³-hybridized carbons (Fsp3) is 0.579. The van der Waals surface area contributed by atoms with E-state index in [9.17, 15) is 9.59 Å². The smallest absolute Gasteiger partial charge is 0.309 e. The van der Waals surface area contributed by atoms with E-state index in [2.05, 4.69) is 15.5 Å². The molecule has 2 N–H and O–H groups in total. The van der Waals surface area contributed by atoms with Gasteiger partial charge in [0, 0.05) is 26.7 Å². The number of nitrogens with zero attached hydrogens (tertiary/aromatic N) is 1. The summed E-state index contributed by atoms with van der Waals surface area (Å²) in [5.74, 6) is 0.0110. The zero-order chi connectivity index (χ0) is 18.8. The van der Waals surface area contributed by atoms with Crippen molar-refractivity contribution in [2.45, 2.75) is 19.4 Å². The summed E-state index contributed by atoms with van der Waals surface area (Å²) in [6.07, 6.45) is 2.05. The molecule has 0 saturated carbocycles. The third-order valence-electron chi connectivity index (χ3n) is 4.69. The molecule has 7 nitrogen and oxygen atoms in total. The van der Waals surface area contributed by atoms with Crippen LogP contribution in [0.15, 0.2) is 24.3 Å². The van der Waals surface area contributed by atoms with Gasteiger partial charge in [0.1, 0.15) is 5.75 Å². The van der Waals surface area contributed by atoms with Crippen LogP contribution in [0.4, 0.5) is 0 Å². The van der Waals surface area contributed by atoms with Crippen molar-refractivity contribution in [1.82, 2.24) is 15.5 Å². The lowest BCUT2D eigenvalue weighted by atomic mass is 9.97. The lowest BCUT2D eigenvalue weighted by Gasteiger charge is -2.31. The van der Waals surface area contributed by atoms with Gasteiger partial charge in [0.25, 0.3) is 0 Å². The van der Waals surface area contributed by atoms with Crippen LogP contribution in [0, 0.1) is 5.92 Å². The van der Waals surface area contributed by atoms with Crippen LogP contribution < -0.4 is 15.4 Å². The Morgan fingerprint density at radius 1 is 1.08 bits per heavy atom. The molecule has 0 aliphatic carbocycles. The summed E-state index contributed by atoms with van der Waals surface area (Å²) >= 11 is 0. The largest absolute Gasteiger partial charge is 0.497 e. The summed E-state index contributed by atoms with van der Waals surface area (Å²) < 4.78 is 10.2. The maximum atomic E-state index is 11.9. The van der Waals surface area contributed by atoms with Gasteiger partial charge < -0.3 is 25.0 Å². The number of rotatable bonds is 8. The van der Waals surface area contributed by atoms with Crippen LogP contribution >= 0.6 is 0 Å². The van der Waals surface area contributed by atoms with Crippen LogP contribution in [-0.4, -0.2) is 63.7 Å². The molecule has 1 fully saturated rings. The predicted octanol–water partition coefficient (Wildman–Crippen LogP) is 0.786. The lowest BCUT2D eigenvalue weighted by Crippen LogP contribution is -2.44. The highest BCUT2D eigenvalue weighted by atomic mass is 16.5. The van der Waals surface area contributed by atoms with E-state index in [4.69, 9.17) is 9.47 Å². The average molecular weight is 363 g/mol. The monoisotopic (exact) mass is 363 g/mol. The molecule has 1 aliphatic rings. The SMILES string of the molecule is COCCN1CCC(CNC(=O)C(=O)NCc2ccc(OC)cc2)CC1. The molecule has 0 spiro atoms. The van der Waals surface area contributed by atoms with Crippen LogP contribution in [0.5, 0.6) is 5.75 Å². The zero-order valence-corrected chi connectivity index (χ0v) is 15.6. The number of amides is 2. The number of carbonyl (C=O) groups is 2. The summed E-state index contributed by atoms with van der Waals surface area (Å²) in [5.41, 5.74) is 0.912. The van der Waals surface area contributed by atoms with E-state index in [0.29, 0.717) is 19.0 Å². The number of piperidine rings is 1. The van der Waals surface area contributed by atoms with Gasteiger partial charge in [-0.25, -0.2) is 0 Å². The van der Waals surface area contributed by atoms with Crippen LogP contribution in [0.1, 0.15) is 18.4 Å². The molecule has 144 valence electrons. The second-order valence-corrected chi connectivity index (χ2v) is 6.52. The van der Waals surface area contributed by atoms with Gasteiger partial charge in [-0.15, -0.1) is 0 Å². The van der Waals surface area contributed by atoms with Gasteiger partial charge in [-0.05, 0) is 49.5 Å². The molecule has 0 aromatic heterocycles. The minimum Gasteiger partial charge on any atom is -0.497 e. The molecule has 0 atom stereocenters. The summed E-state index contributed by atoms with van der Waals surface area (Å²) in [6.45, 7) is 4.57. The van der Waals surface area contributed by atoms with Gasteiger partial charge in [-0.3, -0.25) is 9.59 Å². The molecule has 26 heavy (non-hydrogen) atoms. The summed E-state index contributed by atoms with van der Waals surface area (Å²) in [6, 6.07) is 7.35. The Labute approximate surface area is 155 Å². The Morgan fingerprint density at radius 2 is 1.73 bits per heavy atom. The van der Waals surface area contributed by atoms with Crippen LogP contribution in [-0.2, 0) is 20.9 Å². The fourth-order valence-corrected chi connectivity index (χ4v) is 2.96. The molecule has 0 radical (unpaired) electrons. The molecule has 0 bridgehead atoms. The van der Waals surface area contributed by atoms with Crippen LogP contribution in [0.25, 0.3) is 0 Å². The molecule has 0 unspecified atom stereocenters. The Balaban J connectivity index is 1.63. The normalized spacial score (nSPS) is 15.5. The van der Waals surface area contributed by atoms with Gasteiger partial charge >= 0.3 is 11.8 Å². The zero-order valence-electron chi connectivity index (χ0n) is 15.6. The number of benzene rings is 1. The van der Waals surface area contributed by atoms with E-state index >= 15 is 0 Å². The van der Waals surface area contributed by atoms with E-state index in [-0.39, 0.29) is 0 Å². The highest BCUT2D eigenvalue weighted by Crippen LogP contribution is 2.16. The molecule has 1 saturated heterocycles. The Kier molecular flexibility index (Phi) is 8.37. The molecule has 2 amide bonds. The Hall–Kier alpha value is -2.12. The molecule has 1 aliphatic heterocycles. The minimum atomic E-state index is -0.599. The molecule has 1 aromatic carbocycles. The van der Waals surface area contributed by atoms with E-state index < -0.39 is 11.8 Å². The van der Waals surface area contributed by atoms with Crippen molar-refractivity contribution in [2.24, 2.45) is 5.92 Å². The fourth-order valence-electron chi connectivity index (χ4n) is 2.96. The van der Waals surface area contributed by atoms with E-state index in [1.807, 2.05) is 24.3 Å². The molecule has 2 rings (SSSR count). The van der Waals surface area contributed by atoms with Gasteiger partial charge in [0.15, 0.2) is 0 Å². The number of hydrogen-bond acceptors (Lipinski definition) is 5. The number of nitrogens with one attached hydrogen (secondary N) is 2. The van der Waals surface area contributed by atoms with Gasteiger partial charge in [0.2, 0.25) is 0 Å². The minimum absolute atomic E-state index is 0.314. The number of likely N-dealkylation sites (tertiary alicyclic amines) is 1. The molecular weight excluding hydrogens is 334 g/mol. The highest BCUT2D eigenvalue weighted by Gasteiger charge is 2.21. The maximum absolute atomic E-state index is 11.9. The van der Waals surface area contributed by atoms with Crippen molar-refractivity contribution in [3.8, 4) is 5.75 Å². The van der Waals surface area contributed by atoms with E-state index in [0.717, 1.165) is 50.4 Å². The van der Waals surface area contributed by atoms with Gasteiger partial charge in [-0.2, -0.15) is 0 Å². The summed E-state index contributed by atoms with van der Waals surface area (Å²) in [5, 5.41) is 5.39. The first kappa shape index (κ1) is 20.2. The summed E-state index contributed by atoms with van der Waals surface area (Å²) in [7, 11) is 3.31. The second-order valence-electron chi connectivity index (χ2n) is 6.52. The number of carbonyl (C=O) groups excluding carboxylic acids is 2. The Morgan fingerprint density at radius 3 is 2.35 bits per heavy atom. The molecule has 7 heteroatoms. The van der Waals surface area contributed by atoms with Crippen molar-refractivity contribution in [3.05, 3.63) is 29.8 Å². The standard InChI is InChI=1S/C19H29N3O4/c1-25-12-11-22-9-7-16(8-10-22)14-21-19(24)18(23)20-13-15-3-5-17(26-2)6-4-15/h3-6,16H,7-14H2,1-2H3,(H,20,23)(H,21,24). The first-order chi connectivity index (χ1) is 12.6. The number of hydrogen-bond donors (Lipinski definition) is 2. The average Bonchev–Trinajstić information content (AvgIpc) is 2.69. The van der Waals surface area contributed by atoms with Crippen molar-refractivity contribution < 1.29 is 19.1 Å². The van der Waals surface area contributed by atoms with Crippen molar-refractivity contribution in [1.29, 1.82) is 0 Å². The molecular formula is C19H29N3O4. The van der Waals surface area contributed by atoms with E-state index in [1.54, 1.807) is 14.2 Å². The maximum Gasteiger partial charge on any atom is 0.309 e. The van der Waals surface area contributed by atoms with Crippen LogP contribution in [0.2, 0.25) is 0 Å². The second kappa shape index (κ2) is 10.8. The topological polar surface area (TPSA) is 79.9 Å². The highest BCUT2D eigenvalue weighted by molar-refractivity contribution is 6.35. The quantitative estimate of drug-likeness (QED) is 0.668. The summed E-state index contributed by atoms with van der Waals surface area (Å²) in [4.78, 5) is 26.2. The molecule has 1 aromatic rings. The third-order valence-corrected chi connectivity index (χ3v) is 4.69. The molecule has 1 heterocycles. The van der Waals surface area contributed by atoms with Crippen molar-refractivity contribution in [3.63, 3.8) is 0 Å². The number of methoxy groups -OCH3 is 2. The van der Waals surface area contributed by atoms with E-state index in [1.165, 1.54) is 0 Å². The van der Waals surface area contributed by atoms with Gasteiger partial charge in [-0.1, -0.05) is 12.1 Å². The van der Waals surface area contributed by atoms with Crippen molar-refractivity contribution in [2.75, 3.05) is 47.0 Å². The lowest BCUT2D eigenvalue weighted by molar-refractivity contribution is -0.139. The van der Waals surface area contributed by atoms with Gasteiger partial charge in [0.05, 0.1) is 13.7 Å². The first-order valence-corrected chi connectivity index (χ1v) is 9.02. The van der Waals surface area contributed by atoms with Crippen molar-refractivity contribution >= 4 is 11.8 Å². The van der Waals surface area contributed by atoms with Crippen LogP contribution in [0.3, 0.4) is 0 Å². The predicted molar refractivity (Wildman–Crippen MR) is 98.9 cm³/mol. The number of ether oxygens (including phenoxy) is 2. The first-order valence-electron chi connectivity index (χ1n) is 9.02. The Bertz CT molecular complexity index is 569. The third kappa shape index (κ3) is 6.65.